The minimum absolute atomic E-state index is 0.871. The molecule has 0 radical (unpaired) electrons. The van der Waals surface area contributed by atoms with E-state index < -0.39 is 0 Å². The van der Waals surface area contributed by atoms with Crippen molar-refractivity contribution in [3.63, 3.8) is 0 Å². The fourth-order valence-electron chi connectivity index (χ4n) is 1.83. The van der Waals surface area contributed by atoms with E-state index in [0.29, 0.717) is 0 Å². The first-order chi connectivity index (χ1) is 6.63. The lowest BCUT2D eigenvalue weighted by molar-refractivity contribution is 0.383. The largest absolute Gasteiger partial charge is 0.302 e. The SMILES string of the molecule is C=C(CN(C)CC)C1=CCC(C)CC1. The van der Waals surface area contributed by atoms with Crippen molar-refractivity contribution >= 4 is 0 Å². The average Bonchev–Trinajstić information content (AvgIpc) is 2.18. The maximum absolute atomic E-state index is 4.18. The Kier molecular flexibility index (Phi) is 4.40. The number of hydrogen-bond acceptors (Lipinski definition) is 1. The molecule has 0 bridgehead atoms. The molecule has 80 valence electrons. The second-order valence-corrected chi connectivity index (χ2v) is 4.54. The van der Waals surface area contributed by atoms with E-state index in [1.807, 2.05) is 0 Å². The van der Waals surface area contributed by atoms with Crippen molar-refractivity contribution in [2.24, 2.45) is 5.92 Å². The number of hydrogen-bond donors (Lipinski definition) is 0. The van der Waals surface area contributed by atoms with Crippen molar-refractivity contribution in [1.29, 1.82) is 0 Å². The molecule has 14 heavy (non-hydrogen) atoms. The lowest BCUT2D eigenvalue weighted by Crippen LogP contribution is -2.21. The van der Waals surface area contributed by atoms with Gasteiger partial charge < -0.3 is 4.90 Å². The van der Waals surface area contributed by atoms with Crippen LogP contribution in [0.15, 0.2) is 23.8 Å². The summed E-state index contributed by atoms with van der Waals surface area (Å²) in [5.74, 6) is 0.871. The molecule has 0 fully saturated rings. The van der Waals surface area contributed by atoms with Gasteiger partial charge in [0, 0.05) is 6.54 Å². The van der Waals surface area contributed by atoms with Gasteiger partial charge in [-0.2, -0.15) is 0 Å². The number of likely N-dealkylation sites (N-methyl/N-ethyl adjacent to an activating group) is 1. The highest BCUT2D eigenvalue weighted by molar-refractivity contribution is 5.30. The van der Waals surface area contributed by atoms with Crippen molar-refractivity contribution in [3.8, 4) is 0 Å². The Morgan fingerprint density at radius 2 is 2.36 bits per heavy atom. The van der Waals surface area contributed by atoms with Crippen LogP contribution < -0.4 is 0 Å². The van der Waals surface area contributed by atoms with Crippen LogP contribution in [0.4, 0.5) is 0 Å². The van der Waals surface area contributed by atoms with Gasteiger partial charge in [-0.1, -0.05) is 26.5 Å². The van der Waals surface area contributed by atoms with Crippen LogP contribution in [0.25, 0.3) is 0 Å². The van der Waals surface area contributed by atoms with Gasteiger partial charge in [0.25, 0.3) is 0 Å². The summed E-state index contributed by atoms with van der Waals surface area (Å²) < 4.78 is 0. The lowest BCUT2D eigenvalue weighted by atomic mass is 9.88. The summed E-state index contributed by atoms with van der Waals surface area (Å²) in [6.45, 7) is 10.8. The second kappa shape index (κ2) is 5.35. The average molecular weight is 193 g/mol. The summed E-state index contributed by atoms with van der Waals surface area (Å²) in [7, 11) is 2.15. The molecule has 0 aromatic heterocycles. The Bertz CT molecular complexity index is 227. The Morgan fingerprint density at radius 3 is 2.86 bits per heavy atom. The molecule has 0 aromatic rings. The molecule has 0 aromatic carbocycles. The Hall–Kier alpha value is -0.560. The first-order valence-electron chi connectivity index (χ1n) is 5.69. The van der Waals surface area contributed by atoms with Gasteiger partial charge >= 0.3 is 0 Å². The molecule has 0 aliphatic heterocycles. The molecule has 0 N–H and O–H groups in total. The highest BCUT2D eigenvalue weighted by Crippen LogP contribution is 2.26. The normalized spacial score (nSPS) is 22.3. The topological polar surface area (TPSA) is 3.24 Å². The van der Waals surface area contributed by atoms with Crippen molar-refractivity contribution in [2.75, 3.05) is 20.1 Å². The summed E-state index contributed by atoms with van der Waals surface area (Å²) in [4.78, 5) is 2.31. The van der Waals surface area contributed by atoms with E-state index in [4.69, 9.17) is 0 Å². The van der Waals surface area contributed by atoms with Crippen LogP contribution in [0.1, 0.15) is 33.1 Å². The smallest absolute Gasteiger partial charge is 0.0227 e. The zero-order valence-electron chi connectivity index (χ0n) is 9.84. The zero-order chi connectivity index (χ0) is 10.6. The zero-order valence-corrected chi connectivity index (χ0v) is 9.84. The standard InChI is InChI=1S/C13H23N/c1-5-14(4)10-12(3)13-8-6-11(2)7-9-13/h8,11H,3,5-7,9-10H2,1-2,4H3. The molecule has 0 spiro atoms. The predicted molar refractivity (Wildman–Crippen MR) is 63.4 cm³/mol. The summed E-state index contributed by atoms with van der Waals surface area (Å²) in [6, 6.07) is 0. The van der Waals surface area contributed by atoms with Crippen LogP contribution in [0.5, 0.6) is 0 Å². The molecule has 1 rings (SSSR count). The molecule has 0 saturated heterocycles. The molecule has 1 atom stereocenters. The van der Waals surface area contributed by atoms with E-state index in [1.165, 1.54) is 30.4 Å². The molecule has 1 heteroatoms. The van der Waals surface area contributed by atoms with E-state index in [-0.39, 0.29) is 0 Å². The summed E-state index contributed by atoms with van der Waals surface area (Å²) >= 11 is 0. The fraction of sp³-hybridized carbons (Fsp3) is 0.692. The Labute approximate surface area is 88.5 Å². The minimum Gasteiger partial charge on any atom is -0.302 e. The van der Waals surface area contributed by atoms with E-state index in [1.54, 1.807) is 0 Å². The quantitative estimate of drug-likeness (QED) is 0.662. The van der Waals surface area contributed by atoms with Gasteiger partial charge in [-0.05, 0) is 49.9 Å². The van der Waals surface area contributed by atoms with E-state index in [0.717, 1.165) is 19.0 Å². The van der Waals surface area contributed by atoms with Crippen LogP contribution in [-0.4, -0.2) is 25.0 Å². The van der Waals surface area contributed by atoms with Gasteiger partial charge in [0.1, 0.15) is 0 Å². The molecule has 0 saturated carbocycles. The summed E-state index contributed by atoms with van der Waals surface area (Å²) in [6.07, 6.45) is 6.20. The molecule has 1 aliphatic carbocycles. The molecular formula is C13H23N. The van der Waals surface area contributed by atoms with Crippen molar-refractivity contribution in [3.05, 3.63) is 23.8 Å². The van der Waals surface area contributed by atoms with Gasteiger partial charge in [-0.3, -0.25) is 0 Å². The molecule has 1 unspecified atom stereocenters. The van der Waals surface area contributed by atoms with Crippen LogP contribution in [0, 0.1) is 5.92 Å². The molecule has 1 nitrogen and oxygen atoms in total. The van der Waals surface area contributed by atoms with Gasteiger partial charge in [-0.25, -0.2) is 0 Å². The highest BCUT2D eigenvalue weighted by Gasteiger charge is 2.12. The third kappa shape index (κ3) is 3.30. The second-order valence-electron chi connectivity index (χ2n) is 4.54. The highest BCUT2D eigenvalue weighted by atomic mass is 15.1. The van der Waals surface area contributed by atoms with Gasteiger partial charge in [0.15, 0.2) is 0 Å². The minimum atomic E-state index is 0.871. The van der Waals surface area contributed by atoms with Crippen LogP contribution in [-0.2, 0) is 0 Å². The first-order valence-corrected chi connectivity index (χ1v) is 5.69. The Morgan fingerprint density at radius 1 is 1.64 bits per heavy atom. The molecular weight excluding hydrogens is 170 g/mol. The van der Waals surface area contributed by atoms with E-state index >= 15 is 0 Å². The maximum Gasteiger partial charge on any atom is 0.0227 e. The Balaban J connectivity index is 2.45. The van der Waals surface area contributed by atoms with Gasteiger partial charge in [0.05, 0.1) is 0 Å². The molecule has 0 heterocycles. The van der Waals surface area contributed by atoms with E-state index in [9.17, 15) is 0 Å². The summed E-state index contributed by atoms with van der Waals surface area (Å²) in [5, 5.41) is 0. The van der Waals surface area contributed by atoms with Crippen LogP contribution >= 0.6 is 0 Å². The van der Waals surface area contributed by atoms with Crippen LogP contribution in [0.2, 0.25) is 0 Å². The van der Waals surface area contributed by atoms with E-state index in [2.05, 4.69) is 38.5 Å². The number of allylic oxidation sites excluding steroid dienone is 1. The number of nitrogens with zero attached hydrogens (tertiary/aromatic N) is 1. The van der Waals surface area contributed by atoms with Gasteiger partial charge in [0.2, 0.25) is 0 Å². The number of rotatable bonds is 4. The van der Waals surface area contributed by atoms with Crippen molar-refractivity contribution in [2.45, 2.75) is 33.1 Å². The molecule has 0 amide bonds. The third-order valence-corrected chi connectivity index (χ3v) is 3.13. The summed E-state index contributed by atoms with van der Waals surface area (Å²) in [5.41, 5.74) is 2.82. The first kappa shape index (κ1) is 11.5. The van der Waals surface area contributed by atoms with Crippen LogP contribution in [0.3, 0.4) is 0 Å². The van der Waals surface area contributed by atoms with Crippen molar-refractivity contribution in [1.82, 2.24) is 4.90 Å². The lowest BCUT2D eigenvalue weighted by Gasteiger charge is -2.22. The predicted octanol–water partition coefficient (Wildman–Crippen LogP) is 3.24. The van der Waals surface area contributed by atoms with Crippen molar-refractivity contribution < 1.29 is 0 Å². The molecule has 1 aliphatic rings. The third-order valence-electron chi connectivity index (χ3n) is 3.13. The monoisotopic (exact) mass is 193 g/mol. The maximum atomic E-state index is 4.18. The van der Waals surface area contributed by atoms with Gasteiger partial charge in [-0.15, -0.1) is 0 Å². The fourth-order valence-corrected chi connectivity index (χ4v) is 1.83.